The first kappa shape index (κ1) is 11.8. The highest BCUT2D eigenvalue weighted by Crippen LogP contribution is 2.22. The molecule has 0 aromatic heterocycles. The van der Waals surface area contributed by atoms with E-state index in [2.05, 4.69) is 26.1 Å². The van der Waals surface area contributed by atoms with E-state index in [0.717, 1.165) is 18.7 Å². The van der Waals surface area contributed by atoms with E-state index in [9.17, 15) is 4.39 Å². The van der Waals surface area contributed by atoms with Crippen LogP contribution in [-0.2, 0) is 0 Å². The van der Waals surface area contributed by atoms with Crippen LogP contribution in [0.25, 0.3) is 0 Å². The third kappa shape index (κ3) is 3.42. The van der Waals surface area contributed by atoms with Crippen molar-refractivity contribution in [2.75, 3.05) is 17.6 Å². The molecule has 0 aliphatic rings. The first-order valence-corrected chi connectivity index (χ1v) is 5.23. The lowest BCUT2D eigenvalue weighted by Crippen LogP contribution is -2.22. The van der Waals surface area contributed by atoms with E-state index < -0.39 is 0 Å². The molecule has 0 aliphatic heterocycles. The van der Waals surface area contributed by atoms with Gasteiger partial charge in [0.05, 0.1) is 5.69 Å². The Labute approximate surface area is 90.7 Å². The molecule has 1 aromatic rings. The number of nitrogen functional groups attached to an aromatic ring is 1. The minimum atomic E-state index is -0.366. The van der Waals surface area contributed by atoms with Crippen molar-refractivity contribution in [3.8, 4) is 0 Å². The van der Waals surface area contributed by atoms with E-state index >= 15 is 0 Å². The van der Waals surface area contributed by atoms with Gasteiger partial charge in [-0.1, -0.05) is 20.8 Å². The van der Waals surface area contributed by atoms with Crippen LogP contribution in [0, 0.1) is 11.2 Å². The largest absolute Gasteiger partial charge is 0.396 e. The minimum Gasteiger partial charge on any atom is -0.396 e. The molecule has 0 amide bonds. The van der Waals surface area contributed by atoms with Crippen LogP contribution in [0.3, 0.4) is 0 Å². The first-order chi connectivity index (χ1) is 6.94. The Morgan fingerprint density at radius 2 is 2.07 bits per heavy atom. The van der Waals surface area contributed by atoms with Crippen molar-refractivity contribution in [3.05, 3.63) is 24.0 Å². The molecule has 3 N–H and O–H groups in total. The summed E-state index contributed by atoms with van der Waals surface area (Å²) in [5.74, 6) is -0.366. The fourth-order valence-corrected chi connectivity index (χ4v) is 1.10. The van der Waals surface area contributed by atoms with Crippen LogP contribution < -0.4 is 11.1 Å². The zero-order valence-electron chi connectivity index (χ0n) is 9.60. The average Bonchev–Trinajstić information content (AvgIpc) is 2.20. The zero-order chi connectivity index (χ0) is 11.5. The van der Waals surface area contributed by atoms with Crippen LogP contribution in [-0.4, -0.2) is 6.54 Å². The highest BCUT2D eigenvalue weighted by molar-refractivity contribution is 5.52. The Hall–Kier alpha value is -1.25. The molecule has 0 aliphatic carbocycles. The van der Waals surface area contributed by atoms with Crippen molar-refractivity contribution in [3.63, 3.8) is 0 Å². The molecule has 1 aromatic carbocycles. The normalized spacial score (nSPS) is 11.5. The number of hydrogen-bond donors (Lipinski definition) is 2. The van der Waals surface area contributed by atoms with Crippen molar-refractivity contribution in [1.82, 2.24) is 0 Å². The highest BCUT2D eigenvalue weighted by atomic mass is 19.1. The molecule has 0 unspecified atom stereocenters. The molecule has 0 radical (unpaired) electrons. The maximum absolute atomic E-state index is 13.1. The lowest BCUT2D eigenvalue weighted by Gasteiger charge is -2.23. The maximum Gasteiger partial charge on any atom is 0.148 e. The van der Waals surface area contributed by atoms with Gasteiger partial charge < -0.3 is 11.1 Å². The molecule has 0 saturated heterocycles. The molecule has 0 fully saturated rings. The number of rotatable bonds is 4. The van der Waals surface area contributed by atoms with E-state index in [1.165, 1.54) is 6.07 Å². The third-order valence-electron chi connectivity index (χ3n) is 2.73. The van der Waals surface area contributed by atoms with Gasteiger partial charge in [0.2, 0.25) is 0 Å². The van der Waals surface area contributed by atoms with E-state index in [1.807, 2.05) is 0 Å². The smallest absolute Gasteiger partial charge is 0.148 e. The zero-order valence-corrected chi connectivity index (χ0v) is 9.60. The Balaban J connectivity index is 2.62. The van der Waals surface area contributed by atoms with E-state index in [0.29, 0.717) is 0 Å². The summed E-state index contributed by atoms with van der Waals surface area (Å²) in [6, 6.07) is 4.81. The third-order valence-corrected chi connectivity index (χ3v) is 2.73. The highest BCUT2D eigenvalue weighted by Gasteiger charge is 2.14. The average molecular weight is 210 g/mol. The Kier molecular flexibility index (Phi) is 3.56. The van der Waals surface area contributed by atoms with Gasteiger partial charge in [-0.15, -0.1) is 0 Å². The van der Waals surface area contributed by atoms with Crippen LogP contribution in [0.15, 0.2) is 18.2 Å². The standard InChI is InChI=1S/C12H19FN2/c1-4-12(2,3)8-15-9-5-6-11(14)10(13)7-9/h5-7,15H,4,8,14H2,1-3H3. The van der Waals surface area contributed by atoms with E-state index in [1.54, 1.807) is 12.1 Å². The topological polar surface area (TPSA) is 38.0 Å². The summed E-state index contributed by atoms with van der Waals surface area (Å²) in [5, 5.41) is 3.21. The van der Waals surface area contributed by atoms with Crippen molar-refractivity contribution in [1.29, 1.82) is 0 Å². The molecular formula is C12H19FN2. The molecule has 0 saturated carbocycles. The Morgan fingerprint density at radius 1 is 1.40 bits per heavy atom. The van der Waals surface area contributed by atoms with Gasteiger partial charge in [-0.05, 0) is 30.0 Å². The summed E-state index contributed by atoms with van der Waals surface area (Å²) < 4.78 is 13.1. The molecule has 0 spiro atoms. The van der Waals surface area contributed by atoms with Crippen molar-refractivity contribution in [2.45, 2.75) is 27.2 Å². The molecule has 0 bridgehead atoms. The van der Waals surface area contributed by atoms with Gasteiger partial charge in [0, 0.05) is 12.2 Å². The summed E-state index contributed by atoms with van der Waals surface area (Å²) in [7, 11) is 0. The monoisotopic (exact) mass is 210 g/mol. The Morgan fingerprint density at radius 3 is 2.60 bits per heavy atom. The second-order valence-corrected chi connectivity index (χ2v) is 4.61. The van der Waals surface area contributed by atoms with Gasteiger partial charge >= 0.3 is 0 Å². The van der Waals surface area contributed by atoms with E-state index in [-0.39, 0.29) is 16.9 Å². The van der Waals surface area contributed by atoms with Crippen molar-refractivity contribution in [2.24, 2.45) is 5.41 Å². The number of anilines is 2. The van der Waals surface area contributed by atoms with Crippen LogP contribution in [0.1, 0.15) is 27.2 Å². The number of nitrogens with two attached hydrogens (primary N) is 1. The maximum atomic E-state index is 13.1. The minimum absolute atomic E-state index is 0.190. The van der Waals surface area contributed by atoms with E-state index in [4.69, 9.17) is 5.73 Å². The first-order valence-electron chi connectivity index (χ1n) is 5.23. The molecule has 0 heterocycles. The summed E-state index contributed by atoms with van der Waals surface area (Å²) in [6.07, 6.45) is 1.08. The molecule has 2 nitrogen and oxygen atoms in total. The number of halogens is 1. The van der Waals surface area contributed by atoms with Crippen LogP contribution in [0.2, 0.25) is 0 Å². The predicted molar refractivity (Wildman–Crippen MR) is 63.4 cm³/mol. The summed E-state index contributed by atoms with van der Waals surface area (Å²) in [6.45, 7) is 7.32. The van der Waals surface area contributed by atoms with Gasteiger partial charge in [-0.2, -0.15) is 0 Å². The SMILES string of the molecule is CCC(C)(C)CNc1ccc(N)c(F)c1. The fourth-order valence-electron chi connectivity index (χ4n) is 1.10. The predicted octanol–water partition coefficient (Wildman–Crippen LogP) is 3.26. The summed E-state index contributed by atoms with van der Waals surface area (Å²) >= 11 is 0. The van der Waals surface area contributed by atoms with Gasteiger partial charge in [0.25, 0.3) is 0 Å². The second-order valence-electron chi connectivity index (χ2n) is 4.61. The fraction of sp³-hybridized carbons (Fsp3) is 0.500. The Bertz CT molecular complexity index is 334. The molecule has 15 heavy (non-hydrogen) atoms. The molecule has 84 valence electrons. The molecule has 0 atom stereocenters. The number of hydrogen-bond acceptors (Lipinski definition) is 2. The van der Waals surface area contributed by atoms with Gasteiger partial charge in [-0.3, -0.25) is 0 Å². The van der Waals surface area contributed by atoms with Crippen LogP contribution in [0.4, 0.5) is 15.8 Å². The van der Waals surface area contributed by atoms with Crippen LogP contribution >= 0.6 is 0 Å². The van der Waals surface area contributed by atoms with Crippen molar-refractivity contribution < 1.29 is 4.39 Å². The molecule has 3 heteroatoms. The number of benzene rings is 1. The van der Waals surface area contributed by atoms with Gasteiger partial charge in [0.1, 0.15) is 5.82 Å². The summed E-state index contributed by atoms with van der Waals surface area (Å²) in [5.41, 5.74) is 6.59. The number of nitrogens with one attached hydrogen (secondary N) is 1. The molecule has 1 rings (SSSR count). The summed E-state index contributed by atoms with van der Waals surface area (Å²) in [4.78, 5) is 0. The van der Waals surface area contributed by atoms with Gasteiger partial charge in [0.15, 0.2) is 0 Å². The lowest BCUT2D eigenvalue weighted by molar-refractivity contribution is 0.377. The van der Waals surface area contributed by atoms with Crippen molar-refractivity contribution >= 4 is 11.4 Å². The quantitative estimate of drug-likeness (QED) is 0.748. The second kappa shape index (κ2) is 4.51. The molecular weight excluding hydrogens is 191 g/mol. The van der Waals surface area contributed by atoms with Crippen LogP contribution in [0.5, 0.6) is 0 Å². The van der Waals surface area contributed by atoms with Gasteiger partial charge in [-0.25, -0.2) is 4.39 Å². The lowest BCUT2D eigenvalue weighted by atomic mass is 9.90.